The van der Waals surface area contributed by atoms with Gasteiger partial charge in [-0.1, -0.05) is 13.0 Å². The van der Waals surface area contributed by atoms with Gasteiger partial charge in [0, 0.05) is 5.75 Å². The van der Waals surface area contributed by atoms with Gasteiger partial charge >= 0.3 is 0 Å². The van der Waals surface area contributed by atoms with E-state index in [2.05, 4.69) is 23.3 Å². The summed E-state index contributed by atoms with van der Waals surface area (Å²) in [5, 5.41) is 2.09. The van der Waals surface area contributed by atoms with Crippen molar-refractivity contribution in [2.75, 3.05) is 0 Å². The van der Waals surface area contributed by atoms with Crippen molar-refractivity contribution in [1.82, 2.24) is 0 Å². The summed E-state index contributed by atoms with van der Waals surface area (Å²) in [5.74, 6) is 2.09. The highest BCUT2D eigenvalue weighted by atomic mass is 32.2. The van der Waals surface area contributed by atoms with Crippen LogP contribution in [0.3, 0.4) is 0 Å². The monoisotopic (exact) mass is 143 g/mol. The van der Waals surface area contributed by atoms with Gasteiger partial charge in [0.15, 0.2) is 0 Å². The minimum atomic E-state index is 1.37. The van der Waals surface area contributed by atoms with Crippen LogP contribution in [0.4, 0.5) is 0 Å². The predicted octanol–water partition coefficient (Wildman–Crippen LogP) is 3.02. The molecule has 0 nitrogen and oxygen atoms in total. The zero-order chi connectivity index (χ0) is 5.82. The minimum Gasteiger partial charge on any atom is -0.137 e. The lowest BCUT2D eigenvalue weighted by Crippen LogP contribution is -1.51. The van der Waals surface area contributed by atoms with Gasteiger partial charge in [0.1, 0.15) is 0 Å². The smallest absolute Gasteiger partial charge is 0.0601 e. The average Bonchev–Trinajstić information content (AvgIpc) is 2.19. The van der Waals surface area contributed by atoms with E-state index in [1.165, 1.54) is 4.21 Å². The van der Waals surface area contributed by atoms with Crippen LogP contribution in [0.2, 0.25) is 0 Å². The molecule has 0 saturated heterocycles. The van der Waals surface area contributed by atoms with Crippen LogP contribution in [0.5, 0.6) is 0 Å². The molecular formula is C6H7S2. The summed E-state index contributed by atoms with van der Waals surface area (Å²) >= 11 is 3.55. The van der Waals surface area contributed by atoms with E-state index >= 15 is 0 Å². The van der Waals surface area contributed by atoms with Crippen molar-refractivity contribution in [2.45, 2.75) is 11.1 Å². The van der Waals surface area contributed by atoms with Gasteiger partial charge in [-0.25, -0.2) is 0 Å². The zero-order valence-electron chi connectivity index (χ0n) is 4.63. The molecule has 0 atom stereocenters. The number of hydrogen-bond acceptors (Lipinski definition) is 2. The number of thioether (sulfide) groups is 1. The van der Waals surface area contributed by atoms with Gasteiger partial charge in [0.05, 0.1) is 4.21 Å². The van der Waals surface area contributed by atoms with Crippen LogP contribution >= 0.6 is 23.1 Å². The van der Waals surface area contributed by atoms with Gasteiger partial charge in [-0.15, -0.1) is 23.1 Å². The maximum atomic E-state index is 2.12. The van der Waals surface area contributed by atoms with E-state index in [4.69, 9.17) is 0 Å². The van der Waals surface area contributed by atoms with Gasteiger partial charge in [-0.05, 0) is 11.4 Å². The van der Waals surface area contributed by atoms with E-state index < -0.39 is 0 Å². The Morgan fingerprint density at radius 2 is 2.62 bits per heavy atom. The minimum absolute atomic E-state index is 1.37. The highest BCUT2D eigenvalue weighted by Crippen LogP contribution is 2.24. The Morgan fingerprint density at radius 3 is 3.12 bits per heavy atom. The lowest BCUT2D eigenvalue weighted by atomic mass is 10.7. The van der Waals surface area contributed by atoms with E-state index in [1.54, 1.807) is 23.1 Å². The highest BCUT2D eigenvalue weighted by Gasteiger charge is 1.87. The molecule has 0 unspecified atom stereocenters. The van der Waals surface area contributed by atoms with Crippen LogP contribution in [0.15, 0.2) is 21.7 Å². The molecule has 1 aromatic rings. The fourth-order valence-corrected chi connectivity index (χ4v) is 1.96. The standard InChI is InChI=1S/C6H7S2/c1-2-7-6-4-3-5-8-6/h2-5H,1H3. The van der Waals surface area contributed by atoms with Crippen molar-refractivity contribution >= 4 is 23.1 Å². The maximum absolute atomic E-state index is 2.12. The van der Waals surface area contributed by atoms with Crippen LogP contribution in [0, 0.1) is 5.75 Å². The number of hydrogen-bond donors (Lipinski definition) is 0. The molecule has 0 fully saturated rings. The summed E-state index contributed by atoms with van der Waals surface area (Å²) in [6.07, 6.45) is 0. The van der Waals surface area contributed by atoms with Crippen molar-refractivity contribution in [3.8, 4) is 0 Å². The summed E-state index contributed by atoms with van der Waals surface area (Å²) in [5.41, 5.74) is 0. The van der Waals surface area contributed by atoms with Crippen LogP contribution in [-0.2, 0) is 0 Å². The van der Waals surface area contributed by atoms with Gasteiger partial charge in [-0.3, -0.25) is 0 Å². The van der Waals surface area contributed by atoms with Crippen LogP contribution in [0.25, 0.3) is 0 Å². The quantitative estimate of drug-likeness (QED) is 0.573. The molecule has 0 aromatic carbocycles. The van der Waals surface area contributed by atoms with Crippen molar-refractivity contribution in [3.05, 3.63) is 23.3 Å². The summed E-state index contributed by atoms with van der Waals surface area (Å²) in [4.78, 5) is 0. The fraction of sp³-hybridized carbons (Fsp3) is 0.167. The van der Waals surface area contributed by atoms with Crippen molar-refractivity contribution in [2.24, 2.45) is 0 Å². The van der Waals surface area contributed by atoms with Crippen LogP contribution in [-0.4, -0.2) is 0 Å². The first-order chi connectivity index (χ1) is 3.93. The van der Waals surface area contributed by atoms with Crippen molar-refractivity contribution < 1.29 is 0 Å². The Hall–Kier alpha value is 0.0500. The second kappa shape index (κ2) is 3.15. The second-order valence-electron chi connectivity index (χ2n) is 1.29. The fourth-order valence-electron chi connectivity index (χ4n) is 0.447. The Morgan fingerprint density at radius 1 is 1.75 bits per heavy atom. The molecule has 1 heterocycles. The molecule has 0 bridgehead atoms. The Bertz CT molecular complexity index is 132. The lowest BCUT2D eigenvalue weighted by Gasteiger charge is -1.85. The molecule has 0 amide bonds. The average molecular weight is 143 g/mol. The molecule has 1 aromatic heterocycles. The highest BCUT2D eigenvalue weighted by molar-refractivity contribution is 8.02. The molecule has 43 valence electrons. The summed E-state index contributed by atoms with van der Waals surface area (Å²) in [6, 6.07) is 4.19. The van der Waals surface area contributed by atoms with Crippen LogP contribution < -0.4 is 0 Å². The lowest BCUT2D eigenvalue weighted by molar-refractivity contribution is 1.68. The topological polar surface area (TPSA) is 0 Å². The first-order valence-corrected chi connectivity index (χ1v) is 4.17. The zero-order valence-corrected chi connectivity index (χ0v) is 6.26. The number of thiophene rings is 1. The molecule has 0 aliphatic carbocycles. The molecule has 0 spiro atoms. The second-order valence-corrected chi connectivity index (χ2v) is 3.64. The van der Waals surface area contributed by atoms with Crippen molar-refractivity contribution in [3.63, 3.8) is 0 Å². The largest absolute Gasteiger partial charge is 0.137 e. The van der Waals surface area contributed by atoms with E-state index in [0.717, 1.165) is 0 Å². The summed E-state index contributed by atoms with van der Waals surface area (Å²) < 4.78 is 1.37. The van der Waals surface area contributed by atoms with Crippen LogP contribution in [0.1, 0.15) is 6.92 Å². The third-order valence-corrected chi connectivity index (χ3v) is 2.57. The maximum Gasteiger partial charge on any atom is 0.0601 e. The first kappa shape index (κ1) is 6.17. The Balaban J connectivity index is 2.50. The van der Waals surface area contributed by atoms with Gasteiger partial charge in [-0.2, -0.15) is 0 Å². The molecule has 0 aliphatic rings. The third kappa shape index (κ3) is 1.53. The van der Waals surface area contributed by atoms with Crippen molar-refractivity contribution in [1.29, 1.82) is 0 Å². The Labute approximate surface area is 57.9 Å². The molecule has 0 saturated carbocycles. The predicted molar refractivity (Wildman–Crippen MR) is 40.2 cm³/mol. The van der Waals surface area contributed by atoms with E-state index in [9.17, 15) is 0 Å². The summed E-state index contributed by atoms with van der Waals surface area (Å²) in [6.45, 7) is 2.05. The normalized spacial score (nSPS) is 9.62. The van der Waals surface area contributed by atoms with E-state index in [0.29, 0.717) is 0 Å². The Kier molecular flexibility index (Phi) is 2.43. The van der Waals surface area contributed by atoms with Gasteiger partial charge < -0.3 is 0 Å². The molecular weight excluding hydrogens is 136 g/mol. The molecule has 0 aliphatic heterocycles. The first-order valence-electron chi connectivity index (χ1n) is 2.41. The summed E-state index contributed by atoms with van der Waals surface area (Å²) in [7, 11) is 0. The molecule has 0 N–H and O–H groups in total. The number of rotatable bonds is 2. The SMILES string of the molecule is C[CH]Sc1cccs1. The molecule has 2 heteroatoms. The molecule has 1 rings (SSSR count). The molecule has 8 heavy (non-hydrogen) atoms. The van der Waals surface area contributed by atoms with Gasteiger partial charge in [0.2, 0.25) is 0 Å². The van der Waals surface area contributed by atoms with Gasteiger partial charge in [0.25, 0.3) is 0 Å². The molecule has 1 radical (unpaired) electrons. The third-order valence-electron chi connectivity index (χ3n) is 0.729. The van der Waals surface area contributed by atoms with E-state index in [-0.39, 0.29) is 0 Å². The van der Waals surface area contributed by atoms with E-state index in [1.807, 2.05) is 6.92 Å².